The van der Waals surface area contributed by atoms with Crippen LogP contribution in [0.1, 0.15) is 40.5 Å². The van der Waals surface area contributed by atoms with Crippen molar-refractivity contribution in [3.8, 4) is 5.75 Å². The van der Waals surface area contributed by atoms with Crippen LogP contribution in [0.2, 0.25) is 0 Å². The second kappa shape index (κ2) is 6.90. The van der Waals surface area contributed by atoms with Gasteiger partial charge < -0.3 is 14.4 Å². The van der Waals surface area contributed by atoms with Gasteiger partial charge in [0.1, 0.15) is 17.5 Å². The predicted octanol–water partition coefficient (Wildman–Crippen LogP) is 4.62. The molecule has 0 N–H and O–H groups in total. The third-order valence-electron chi connectivity index (χ3n) is 3.55. The second-order valence-electron chi connectivity index (χ2n) is 6.74. The minimum atomic E-state index is -0.458. The molecule has 2 unspecified atom stereocenters. The van der Waals surface area contributed by atoms with Gasteiger partial charge in [0.25, 0.3) is 0 Å². The Morgan fingerprint density at radius 3 is 2.68 bits per heavy atom. The number of carbonyl (C=O) groups excluding carboxylic acids is 1. The van der Waals surface area contributed by atoms with E-state index in [0.29, 0.717) is 6.54 Å². The zero-order chi connectivity index (χ0) is 16.3. The Labute approximate surface area is 140 Å². The number of carbonyl (C=O) groups is 1. The first-order chi connectivity index (χ1) is 10.2. The Morgan fingerprint density at radius 2 is 2.09 bits per heavy atom. The lowest BCUT2D eigenvalue weighted by Crippen LogP contribution is -2.49. The van der Waals surface area contributed by atoms with E-state index in [-0.39, 0.29) is 18.2 Å². The van der Waals surface area contributed by atoms with Crippen LogP contribution in [0.5, 0.6) is 5.75 Å². The predicted molar refractivity (Wildman–Crippen MR) is 90.2 cm³/mol. The average molecular weight is 370 g/mol. The highest BCUT2D eigenvalue weighted by atomic mass is 79.9. The summed E-state index contributed by atoms with van der Waals surface area (Å²) in [6.07, 6.45) is 1.52. The van der Waals surface area contributed by atoms with Crippen molar-refractivity contribution >= 4 is 22.0 Å². The van der Waals surface area contributed by atoms with Gasteiger partial charge in [0.15, 0.2) is 0 Å². The van der Waals surface area contributed by atoms with Crippen LogP contribution in [-0.4, -0.2) is 35.3 Å². The summed E-state index contributed by atoms with van der Waals surface area (Å²) in [5, 5.41) is 0. The lowest BCUT2D eigenvalue weighted by molar-refractivity contribution is -0.00103. The zero-order valence-corrected chi connectivity index (χ0v) is 15.2. The summed E-state index contributed by atoms with van der Waals surface area (Å²) in [6.45, 7) is 8.37. The van der Waals surface area contributed by atoms with E-state index in [1.807, 2.05) is 52.0 Å². The molecule has 0 spiro atoms. The molecule has 5 heteroatoms. The second-order valence-corrected chi connectivity index (χ2v) is 7.66. The summed E-state index contributed by atoms with van der Waals surface area (Å²) in [6, 6.07) is 7.96. The van der Waals surface area contributed by atoms with Crippen LogP contribution in [0.15, 0.2) is 28.7 Å². The number of amides is 1. The summed E-state index contributed by atoms with van der Waals surface area (Å²) in [7, 11) is 0. The van der Waals surface area contributed by atoms with E-state index in [2.05, 4.69) is 15.9 Å². The van der Waals surface area contributed by atoms with Crippen LogP contribution in [0, 0.1) is 0 Å². The van der Waals surface area contributed by atoms with Crippen molar-refractivity contribution in [1.82, 2.24) is 4.90 Å². The molecule has 0 aromatic heterocycles. The number of nitrogens with zero attached hydrogens (tertiary/aromatic N) is 1. The largest absolute Gasteiger partial charge is 0.490 e. The molecule has 122 valence electrons. The molecule has 0 bridgehead atoms. The maximum atomic E-state index is 12.2. The number of ether oxygens (including phenoxy) is 2. The first-order valence-corrected chi connectivity index (χ1v) is 8.46. The van der Waals surface area contributed by atoms with E-state index in [9.17, 15) is 4.79 Å². The van der Waals surface area contributed by atoms with Gasteiger partial charge >= 0.3 is 6.09 Å². The van der Waals surface area contributed by atoms with Gasteiger partial charge in [0.2, 0.25) is 0 Å². The normalized spacial score (nSPS) is 22.3. The molecule has 22 heavy (non-hydrogen) atoms. The molecule has 2 rings (SSSR count). The summed E-state index contributed by atoms with van der Waals surface area (Å²) in [5.41, 5.74) is -0.458. The van der Waals surface area contributed by atoms with Crippen LogP contribution < -0.4 is 4.74 Å². The third kappa shape index (κ3) is 4.90. The van der Waals surface area contributed by atoms with Crippen molar-refractivity contribution in [2.24, 2.45) is 0 Å². The highest BCUT2D eigenvalue weighted by molar-refractivity contribution is 9.10. The maximum absolute atomic E-state index is 12.2. The highest BCUT2D eigenvalue weighted by Crippen LogP contribution is 2.25. The Bertz CT molecular complexity index is 527. The van der Waals surface area contributed by atoms with Crippen LogP contribution in [-0.2, 0) is 4.74 Å². The van der Waals surface area contributed by atoms with Gasteiger partial charge in [-0.05, 0) is 45.9 Å². The topological polar surface area (TPSA) is 38.8 Å². The standard InChI is InChI=1S/C17H24BrNO3/c1-12-10-15(21-14-7-5-6-13(18)11-14)8-9-19(12)16(20)22-17(2,3)4/h5-7,11-12,15H,8-10H2,1-4H3. The smallest absolute Gasteiger partial charge is 0.410 e. The number of rotatable bonds is 2. The molecule has 1 heterocycles. The summed E-state index contributed by atoms with van der Waals surface area (Å²) in [5.74, 6) is 0.859. The van der Waals surface area contributed by atoms with Gasteiger partial charge in [-0.15, -0.1) is 0 Å². The summed E-state index contributed by atoms with van der Waals surface area (Å²) >= 11 is 3.45. The molecule has 1 aromatic rings. The SMILES string of the molecule is CC1CC(Oc2cccc(Br)c2)CCN1C(=O)OC(C)(C)C. The number of halogens is 1. The molecule has 1 saturated heterocycles. The lowest BCUT2D eigenvalue weighted by atomic mass is 10.0. The molecule has 1 fully saturated rings. The molecule has 1 aromatic carbocycles. The molecule has 0 saturated carbocycles. The summed E-state index contributed by atoms with van der Waals surface area (Å²) in [4.78, 5) is 14.0. The summed E-state index contributed by atoms with van der Waals surface area (Å²) < 4.78 is 12.5. The van der Waals surface area contributed by atoms with Crippen molar-refractivity contribution in [3.63, 3.8) is 0 Å². The molecule has 0 radical (unpaired) electrons. The van der Waals surface area contributed by atoms with Gasteiger partial charge in [0, 0.05) is 29.9 Å². The minimum absolute atomic E-state index is 0.112. The molecule has 2 atom stereocenters. The van der Waals surface area contributed by atoms with Gasteiger partial charge in [-0.25, -0.2) is 4.79 Å². The van der Waals surface area contributed by atoms with Crippen LogP contribution >= 0.6 is 15.9 Å². The number of likely N-dealkylation sites (tertiary alicyclic amines) is 1. The number of hydrogen-bond acceptors (Lipinski definition) is 3. The number of piperidine rings is 1. The van der Waals surface area contributed by atoms with E-state index in [1.54, 1.807) is 4.90 Å². The molecular formula is C17H24BrNO3. The van der Waals surface area contributed by atoms with Crippen molar-refractivity contribution in [2.75, 3.05) is 6.54 Å². The molecule has 1 aliphatic heterocycles. The lowest BCUT2D eigenvalue weighted by Gasteiger charge is -2.38. The Hall–Kier alpha value is -1.23. The molecule has 1 aliphatic rings. The monoisotopic (exact) mass is 369 g/mol. The van der Waals surface area contributed by atoms with Crippen molar-refractivity contribution in [1.29, 1.82) is 0 Å². The Balaban J connectivity index is 1.91. The van der Waals surface area contributed by atoms with Gasteiger partial charge in [-0.1, -0.05) is 22.0 Å². The zero-order valence-electron chi connectivity index (χ0n) is 13.6. The van der Waals surface area contributed by atoms with E-state index in [0.717, 1.165) is 23.1 Å². The molecule has 4 nitrogen and oxygen atoms in total. The molecular weight excluding hydrogens is 346 g/mol. The molecule has 0 aliphatic carbocycles. The fourth-order valence-electron chi connectivity index (χ4n) is 2.56. The quantitative estimate of drug-likeness (QED) is 0.763. The Kier molecular flexibility index (Phi) is 5.37. The van der Waals surface area contributed by atoms with Crippen LogP contribution in [0.25, 0.3) is 0 Å². The average Bonchev–Trinajstić information content (AvgIpc) is 2.36. The maximum Gasteiger partial charge on any atom is 0.410 e. The van der Waals surface area contributed by atoms with Crippen LogP contribution in [0.4, 0.5) is 4.79 Å². The first kappa shape index (κ1) is 17.1. The van der Waals surface area contributed by atoms with Crippen molar-refractivity contribution < 1.29 is 14.3 Å². The minimum Gasteiger partial charge on any atom is -0.490 e. The number of benzene rings is 1. The number of hydrogen-bond donors (Lipinski definition) is 0. The van der Waals surface area contributed by atoms with Crippen molar-refractivity contribution in [3.05, 3.63) is 28.7 Å². The van der Waals surface area contributed by atoms with Gasteiger partial charge in [-0.2, -0.15) is 0 Å². The molecule has 1 amide bonds. The van der Waals surface area contributed by atoms with Crippen LogP contribution in [0.3, 0.4) is 0 Å². The fourth-order valence-corrected chi connectivity index (χ4v) is 2.94. The Morgan fingerprint density at radius 1 is 1.36 bits per heavy atom. The first-order valence-electron chi connectivity index (χ1n) is 7.66. The fraction of sp³-hybridized carbons (Fsp3) is 0.588. The van der Waals surface area contributed by atoms with E-state index >= 15 is 0 Å². The van der Waals surface area contributed by atoms with Gasteiger partial charge in [-0.3, -0.25) is 0 Å². The van der Waals surface area contributed by atoms with E-state index in [4.69, 9.17) is 9.47 Å². The van der Waals surface area contributed by atoms with Crippen molar-refractivity contribution in [2.45, 2.75) is 58.3 Å². The van der Waals surface area contributed by atoms with Gasteiger partial charge in [0.05, 0.1) is 0 Å². The van der Waals surface area contributed by atoms with E-state index in [1.165, 1.54) is 0 Å². The van der Waals surface area contributed by atoms with E-state index < -0.39 is 5.60 Å². The highest BCUT2D eigenvalue weighted by Gasteiger charge is 2.32. The third-order valence-corrected chi connectivity index (χ3v) is 4.05.